The molecule has 18 heavy (non-hydrogen) atoms. The van der Waals surface area contributed by atoms with Gasteiger partial charge in [0.2, 0.25) is 0 Å². The quantitative estimate of drug-likeness (QED) is 0.849. The summed E-state index contributed by atoms with van der Waals surface area (Å²) in [6.45, 7) is 0. The highest BCUT2D eigenvalue weighted by Gasteiger charge is 2.22. The molecule has 2 N–H and O–H groups in total. The third-order valence-electron chi connectivity index (χ3n) is 2.53. The fraction of sp³-hybridized carbons (Fsp3) is 0.0833. The van der Waals surface area contributed by atoms with Crippen LogP contribution in [0.2, 0.25) is 5.02 Å². The summed E-state index contributed by atoms with van der Waals surface area (Å²) in [6, 6.07) is 2.98. The van der Waals surface area contributed by atoms with Gasteiger partial charge in [0.15, 0.2) is 0 Å². The first-order chi connectivity index (χ1) is 8.52. The number of rotatable bonds is 2. The minimum atomic E-state index is -0.988. The summed E-state index contributed by atoms with van der Waals surface area (Å²) in [5.74, 6) is -1.44. The van der Waals surface area contributed by atoms with Crippen molar-refractivity contribution in [3.63, 3.8) is 0 Å². The Hall–Kier alpha value is -1.04. The van der Waals surface area contributed by atoms with Gasteiger partial charge in [-0.25, -0.2) is 8.78 Å². The number of nitrogens with zero attached hydrogens (tertiary/aromatic N) is 1. The van der Waals surface area contributed by atoms with Crippen LogP contribution in [0.3, 0.4) is 0 Å². The third kappa shape index (κ3) is 2.39. The predicted molar refractivity (Wildman–Crippen MR) is 69.3 cm³/mol. The van der Waals surface area contributed by atoms with Crippen LogP contribution in [-0.2, 0) is 0 Å². The first-order valence-corrected chi connectivity index (χ1v) is 6.18. The normalized spacial score (nSPS) is 12.5. The maximum atomic E-state index is 13.9. The molecular weight excluding hydrogens is 325 g/mol. The molecule has 0 saturated carbocycles. The molecule has 1 heterocycles. The molecule has 1 aromatic carbocycles. The van der Waals surface area contributed by atoms with Crippen LogP contribution >= 0.6 is 27.5 Å². The van der Waals surface area contributed by atoms with Gasteiger partial charge in [0.05, 0.1) is 15.5 Å². The smallest absolute Gasteiger partial charge is 0.145 e. The van der Waals surface area contributed by atoms with Crippen molar-refractivity contribution in [2.24, 2.45) is 5.73 Å². The molecule has 2 rings (SSSR count). The monoisotopic (exact) mass is 332 g/mol. The van der Waals surface area contributed by atoms with Crippen molar-refractivity contribution in [1.82, 2.24) is 4.98 Å². The molecule has 0 amide bonds. The summed E-state index contributed by atoms with van der Waals surface area (Å²) in [5.41, 5.74) is 6.07. The van der Waals surface area contributed by atoms with E-state index in [2.05, 4.69) is 20.9 Å². The maximum absolute atomic E-state index is 13.9. The van der Waals surface area contributed by atoms with E-state index in [1.54, 1.807) is 0 Å². The molecule has 1 atom stereocenters. The van der Waals surface area contributed by atoms with Crippen LogP contribution in [0.4, 0.5) is 8.78 Å². The van der Waals surface area contributed by atoms with Crippen molar-refractivity contribution in [2.45, 2.75) is 6.04 Å². The largest absolute Gasteiger partial charge is 0.320 e. The molecule has 94 valence electrons. The molecule has 0 spiro atoms. The van der Waals surface area contributed by atoms with Gasteiger partial charge >= 0.3 is 0 Å². The van der Waals surface area contributed by atoms with Crippen LogP contribution in [0.1, 0.15) is 17.2 Å². The predicted octanol–water partition coefficient (Wildman–Crippen LogP) is 3.82. The highest BCUT2D eigenvalue weighted by atomic mass is 79.9. The molecule has 0 saturated heterocycles. The number of aromatic nitrogens is 1. The Morgan fingerprint density at radius 1 is 1.28 bits per heavy atom. The second-order valence-electron chi connectivity index (χ2n) is 3.63. The maximum Gasteiger partial charge on any atom is 0.145 e. The van der Waals surface area contributed by atoms with E-state index in [-0.39, 0.29) is 15.1 Å². The highest BCUT2D eigenvalue weighted by Crippen LogP contribution is 2.31. The van der Waals surface area contributed by atoms with Gasteiger partial charge in [-0.2, -0.15) is 0 Å². The van der Waals surface area contributed by atoms with Crippen molar-refractivity contribution in [2.75, 3.05) is 0 Å². The van der Waals surface area contributed by atoms with E-state index in [4.69, 9.17) is 17.3 Å². The summed E-state index contributed by atoms with van der Waals surface area (Å²) >= 11 is 8.91. The van der Waals surface area contributed by atoms with E-state index in [0.29, 0.717) is 5.56 Å². The lowest BCUT2D eigenvalue weighted by Gasteiger charge is -2.16. The number of pyridine rings is 1. The summed E-state index contributed by atoms with van der Waals surface area (Å²) in [7, 11) is 0. The number of nitrogens with two attached hydrogens (primary N) is 1. The minimum absolute atomic E-state index is 0.152. The molecule has 0 fully saturated rings. The lowest BCUT2D eigenvalue weighted by molar-refractivity contribution is 0.539. The fourth-order valence-electron chi connectivity index (χ4n) is 1.62. The van der Waals surface area contributed by atoms with E-state index < -0.39 is 17.7 Å². The zero-order chi connectivity index (χ0) is 13.3. The Bertz CT molecular complexity index is 592. The lowest BCUT2D eigenvalue weighted by Crippen LogP contribution is -2.16. The van der Waals surface area contributed by atoms with Gasteiger partial charge in [-0.15, -0.1) is 0 Å². The van der Waals surface area contributed by atoms with Crippen molar-refractivity contribution < 1.29 is 8.78 Å². The topological polar surface area (TPSA) is 38.9 Å². The summed E-state index contributed by atoms with van der Waals surface area (Å²) < 4.78 is 27.8. The second kappa shape index (κ2) is 5.30. The van der Waals surface area contributed by atoms with Crippen LogP contribution in [0, 0.1) is 11.6 Å². The molecule has 1 aromatic heterocycles. The Kier molecular flexibility index (Phi) is 3.94. The van der Waals surface area contributed by atoms with Crippen LogP contribution < -0.4 is 5.73 Å². The molecule has 2 nitrogen and oxygen atoms in total. The van der Waals surface area contributed by atoms with Crippen molar-refractivity contribution in [1.29, 1.82) is 0 Å². The van der Waals surface area contributed by atoms with Gasteiger partial charge in [-0.05, 0) is 39.7 Å². The molecular formula is C12H8BrClF2N2. The second-order valence-corrected chi connectivity index (χ2v) is 4.89. The average molecular weight is 334 g/mol. The molecule has 0 aliphatic heterocycles. The lowest BCUT2D eigenvalue weighted by atomic mass is 9.99. The molecule has 0 radical (unpaired) electrons. The van der Waals surface area contributed by atoms with E-state index in [0.717, 1.165) is 6.07 Å². The van der Waals surface area contributed by atoms with Crippen molar-refractivity contribution in [3.05, 3.63) is 62.8 Å². The van der Waals surface area contributed by atoms with Crippen LogP contribution in [-0.4, -0.2) is 4.98 Å². The van der Waals surface area contributed by atoms with Crippen LogP contribution in [0.5, 0.6) is 0 Å². The first-order valence-electron chi connectivity index (χ1n) is 5.00. The number of halogens is 4. The van der Waals surface area contributed by atoms with Gasteiger partial charge in [0.25, 0.3) is 0 Å². The van der Waals surface area contributed by atoms with E-state index in [1.807, 2.05) is 0 Å². The molecule has 0 aliphatic carbocycles. The van der Waals surface area contributed by atoms with Gasteiger partial charge in [-0.3, -0.25) is 4.98 Å². The average Bonchev–Trinajstić information content (AvgIpc) is 2.35. The van der Waals surface area contributed by atoms with Gasteiger partial charge < -0.3 is 5.73 Å². The number of hydrogen-bond acceptors (Lipinski definition) is 2. The van der Waals surface area contributed by atoms with Gasteiger partial charge in [-0.1, -0.05) is 11.6 Å². The van der Waals surface area contributed by atoms with Crippen molar-refractivity contribution >= 4 is 27.5 Å². The molecule has 0 aliphatic rings. The Balaban J connectivity index is 2.56. The summed E-state index contributed by atoms with van der Waals surface area (Å²) in [5, 5.41) is 0.267. The number of hydrogen-bond donors (Lipinski definition) is 1. The van der Waals surface area contributed by atoms with E-state index in [1.165, 1.54) is 24.5 Å². The van der Waals surface area contributed by atoms with Crippen LogP contribution in [0.25, 0.3) is 0 Å². The van der Waals surface area contributed by atoms with E-state index >= 15 is 0 Å². The molecule has 2 aromatic rings. The van der Waals surface area contributed by atoms with Gasteiger partial charge in [0, 0.05) is 18.0 Å². The molecule has 0 bridgehead atoms. The Morgan fingerprint density at radius 2 is 2.00 bits per heavy atom. The molecule has 6 heteroatoms. The van der Waals surface area contributed by atoms with Crippen molar-refractivity contribution in [3.8, 4) is 0 Å². The summed E-state index contributed by atoms with van der Waals surface area (Å²) in [4.78, 5) is 3.80. The SMILES string of the molecule is NC(c1ccncc1Cl)c1c(F)ccc(Br)c1F. The standard InChI is InChI=1S/C12H8BrClF2N2/c13-7-1-2-9(15)10(11(7)16)12(17)6-3-4-18-5-8(6)14/h1-5,12H,17H2. The highest BCUT2D eigenvalue weighted by molar-refractivity contribution is 9.10. The molecule has 1 unspecified atom stereocenters. The Labute approximate surface area is 116 Å². The van der Waals surface area contributed by atoms with Gasteiger partial charge in [0.1, 0.15) is 11.6 Å². The zero-order valence-electron chi connectivity index (χ0n) is 9.00. The minimum Gasteiger partial charge on any atom is -0.320 e. The number of benzene rings is 1. The van der Waals surface area contributed by atoms with E-state index in [9.17, 15) is 8.78 Å². The zero-order valence-corrected chi connectivity index (χ0v) is 11.3. The summed E-state index contributed by atoms with van der Waals surface area (Å²) in [6.07, 6.45) is 2.85. The Morgan fingerprint density at radius 3 is 2.67 bits per heavy atom. The third-order valence-corrected chi connectivity index (χ3v) is 3.46. The first kappa shape index (κ1) is 13.4. The fourth-order valence-corrected chi connectivity index (χ4v) is 2.20. The van der Waals surface area contributed by atoms with Crippen LogP contribution in [0.15, 0.2) is 35.1 Å².